The van der Waals surface area contributed by atoms with Crippen molar-refractivity contribution in [3.8, 4) is 0 Å². The van der Waals surface area contributed by atoms with Crippen LogP contribution in [0.4, 0.5) is 0 Å². The highest BCUT2D eigenvalue weighted by Crippen LogP contribution is 2.30. The second-order valence-electron chi connectivity index (χ2n) is 9.11. The normalized spacial score (nSPS) is 22.4. The van der Waals surface area contributed by atoms with E-state index in [-0.39, 0.29) is 23.7 Å². The number of nitrogens with two attached hydrogens (primary N) is 1. The second-order valence-corrected chi connectivity index (χ2v) is 9.11. The van der Waals surface area contributed by atoms with Crippen molar-refractivity contribution < 1.29 is 14.3 Å². The number of nitrogens with zero attached hydrogens (tertiary/aromatic N) is 2. The van der Waals surface area contributed by atoms with E-state index in [0.717, 1.165) is 96.4 Å². The summed E-state index contributed by atoms with van der Waals surface area (Å²) in [6.07, 6.45) is 5.06. The SMILES string of the molecule is NCCCN1CCN(CCCNC(=O)C2CCC(C(=O)OCc3ccccc3)CC2)CC1. The topological polar surface area (TPSA) is 87.9 Å². The molecular weight excluding hydrogens is 404 g/mol. The van der Waals surface area contributed by atoms with Gasteiger partial charge in [-0.1, -0.05) is 30.3 Å². The molecule has 3 N–H and O–H groups in total. The van der Waals surface area contributed by atoms with Crippen LogP contribution >= 0.6 is 0 Å². The van der Waals surface area contributed by atoms with Crippen LogP contribution in [0.25, 0.3) is 0 Å². The molecule has 7 heteroatoms. The fourth-order valence-electron chi connectivity index (χ4n) is 4.65. The summed E-state index contributed by atoms with van der Waals surface area (Å²) in [7, 11) is 0. The summed E-state index contributed by atoms with van der Waals surface area (Å²) in [4.78, 5) is 29.8. The molecule has 0 radical (unpaired) electrons. The van der Waals surface area contributed by atoms with Gasteiger partial charge in [-0.05, 0) is 63.7 Å². The number of hydrogen-bond donors (Lipinski definition) is 2. The van der Waals surface area contributed by atoms with Gasteiger partial charge in [0.15, 0.2) is 0 Å². The molecule has 1 aromatic carbocycles. The average molecular weight is 445 g/mol. The molecule has 1 aliphatic carbocycles. The van der Waals surface area contributed by atoms with Crippen LogP contribution in [0.2, 0.25) is 0 Å². The smallest absolute Gasteiger partial charge is 0.309 e. The van der Waals surface area contributed by atoms with Gasteiger partial charge in [-0.2, -0.15) is 0 Å². The highest BCUT2D eigenvalue weighted by Gasteiger charge is 2.30. The van der Waals surface area contributed by atoms with Crippen LogP contribution in [0.3, 0.4) is 0 Å². The third-order valence-corrected chi connectivity index (χ3v) is 6.75. The van der Waals surface area contributed by atoms with Crippen LogP contribution < -0.4 is 11.1 Å². The Labute approximate surface area is 192 Å². The van der Waals surface area contributed by atoms with E-state index in [0.29, 0.717) is 6.61 Å². The van der Waals surface area contributed by atoms with E-state index < -0.39 is 0 Å². The summed E-state index contributed by atoms with van der Waals surface area (Å²) < 4.78 is 5.47. The molecule has 0 bridgehead atoms. The number of hydrogen-bond acceptors (Lipinski definition) is 6. The monoisotopic (exact) mass is 444 g/mol. The predicted molar refractivity (Wildman–Crippen MR) is 126 cm³/mol. The minimum absolute atomic E-state index is 0.0271. The average Bonchev–Trinajstić information content (AvgIpc) is 2.85. The van der Waals surface area contributed by atoms with Crippen molar-refractivity contribution in [2.45, 2.75) is 45.1 Å². The number of nitrogens with one attached hydrogen (secondary N) is 1. The molecule has 178 valence electrons. The standard InChI is InChI=1S/C25H40N4O3/c26-12-4-14-28-16-18-29(19-17-28)15-5-13-27-24(30)22-8-10-23(11-9-22)25(31)32-20-21-6-2-1-3-7-21/h1-3,6-7,22-23H,4-5,8-20,26H2,(H,27,30). The Morgan fingerprint density at radius 2 is 1.50 bits per heavy atom. The van der Waals surface area contributed by atoms with Crippen molar-refractivity contribution >= 4 is 11.9 Å². The molecule has 1 amide bonds. The van der Waals surface area contributed by atoms with Crippen molar-refractivity contribution in [3.63, 3.8) is 0 Å². The van der Waals surface area contributed by atoms with Gasteiger partial charge in [0, 0.05) is 38.6 Å². The van der Waals surface area contributed by atoms with E-state index in [1.54, 1.807) is 0 Å². The van der Waals surface area contributed by atoms with E-state index in [2.05, 4.69) is 15.1 Å². The number of amides is 1. The highest BCUT2D eigenvalue weighted by atomic mass is 16.5. The molecular formula is C25H40N4O3. The van der Waals surface area contributed by atoms with E-state index >= 15 is 0 Å². The molecule has 2 fully saturated rings. The fourth-order valence-corrected chi connectivity index (χ4v) is 4.65. The Kier molecular flexibility index (Phi) is 10.5. The van der Waals surface area contributed by atoms with Gasteiger partial charge in [-0.3, -0.25) is 9.59 Å². The van der Waals surface area contributed by atoms with E-state index in [9.17, 15) is 9.59 Å². The van der Waals surface area contributed by atoms with E-state index in [4.69, 9.17) is 10.5 Å². The fraction of sp³-hybridized carbons (Fsp3) is 0.680. The maximum atomic E-state index is 12.5. The summed E-state index contributed by atoms with van der Waals surface area (Å²) in [5.74, 6) is -0.0333. The van der Waals surface area contributed by atoms with Crippen molar-refractivity contribution in [1.82, 2.24) is 15.1 Å². The Hall–Kier alpha value is -1.96. The Morgan fingerprint density at radius 1 is 0.906 bits per heavy atom. The number of esters is 1. The maximum Gasteiger partial charge on any atom is 0.309 e. The first kappa shape index (κ1) is 24.7. The Morgan fingerprint density at radius 3 is 2.12 bits per heavy atom. The van der Waals surface area contributed by atoms with Gasteiger partial charge in [0.1, 0.15) is 6.61 Å². The van der Waals surface area contributed by atoms with Crippen molar-refractivity contribution in [2.75, 3.05) is 52.4 Å². The van der Waals surface area contributed by atoms with Crippen LogP contribution in [0, 0.1) is 11.8 Å². The molecule has 1 saturated carbocycles. The molecule has 0 atom stereocenters. The molecule has 2 aliphatic rings. The first-order valence-corrected chi connectivity index (χ1v) is 12.3. The molecule has 0 aromatic heterocycles. The number of rotatable bonds is 11. The van der Waals surface area contributed by atoms with Crippen molar-refractivity contribution in [2.24, 2.45) is 17.6 Å². The Balaban J connectivity index is 1.24. The highest BCUT2D eigenvalue weighted by molar-refractivity contribution is 5.79. The minimum Gasteiger partial charge on any atom is -0.461 e. The first-order chi connectivity index (χ1) is 15.7. The molecule has 1 saturated heterocycles. The quantitative estimate of drug-likeness (QED) is 0.401. The molecule has 1 aliphatic heterocycles. The first-order valence-electron chi connectivity index (χ1n) is 12.3. The van der Waals surface area contributed by atoms with Gasteiger partial charge in [-0.25, -0.2) is 0 Å². The van der Waals surface area contributed by atoms with Gasteiger partial charge in [0.25, 0.3) is 0 Å². The second kappa shape index (κ2) is 13.6. The van der Waals surface area contributed by atoms with Gasteiger partial charge in [0.2, 0.25) is 5.91 Å². The molecule has 3 rings (SSSR count). The zero-order chi connectivity index (χ0) is 22.6. The molecule has 1 aromatic rings. The zero-order valence-corrected chi connectivity index (χ0v) is 19.3. The number of piperazine rings is 1. The molecule has 7 nitrogen and oxygen atoms in total. The largest absolute Gasteiger partial charge is 0.461 e. The van der Waals surface area contributed by atoms with Gasteiger partial charge >= 0.3 is 5.97 Å². The van der Waals surface area contributed by atoms with E-state index in [1.165, 1.54) is 0 Å². The van der Waals surface area contributed by atoms with Crippen LogP contribution in [-0.4, -0.2) is 74.0 Å². The Bertz CT molecular complexity index is 684. The molecule has 32 heavy (non-hydrogen) atoms. The third-order valence-electron chi connectivity index (χ3n) is 6.75. The predicted octanol–water partition coefficient (Wildman–Crippen LogP) is 2.01. The van der Waals surface area contributed by atoms with Gasteiger partial charge < -0.3 is 25.6 Å². The minimum atomic E-state index is -0.129. The number of carbonyl (C=O) groups excluding carboxylic acids is 2. The van der Waals surface area contributed by atoms with Crippen molar-refractivity contribution in [3.05, 3.63) is 35.9 Å². The van der Waals surface area contributed by atoms with Crippen molar-refractivity contribution in [1.29, 1.82) is 0 Å². The summed E-state index contributed by atoms with van der Waals surface area (Å²) in [5.41, 5.74) is 6.59. The lowest BCUT2D eigenvalue weighted by Gasteiger charge is -2.34. The summed E-state index contributed by atoms with van der Waals surface area (Å²) in [6, 6.07) is 9.75. The van der Waals surface area contributed by atoms with Crippen LogP contribution in [0.5, 0.6) is 0 Å². The number of benzene rings is 1. The zero-order valence-electron chi connectivity index (χ0n) is 19.3. The molecule has 0 spiro atoms. The summed E-state index contributed by atoms with van der Waals surface area (Å²) in [5, 5.41) is 3.11. The van der Waals surface area contributed by atoms with Crippen LogP contribution in [0.15, 0.2) is 30.3 Å². The third kappa shape index (κ3) is 8.19. The summed E-state index contributed by atoms with van der Waals surface area (Å²) in [6.45, 7) is 8.38. The van der Waals surface area contributed by atoms with Crippen LogP contribution in [0.1, 0.15) is 44.1 Å². The molecule has 0 unspecified atom stereocenters. The van der Waals surface area contributed by atoms with Gasteiger partial charge in [0.05, 0.1) is 5.92 Å². The summed E-state index contributed by atoms with van der Waals surface area (Å²) >= 11 is 0. The lowest BCUT2D eigenvalue weighted by Crippen LogP contribution is -2.47. The van der Waals surface area contributed by atoms with Gasteiger partial charge in [-0.15, -0.1) is 0 Å². The number of ether oxygens (including phenoxy) is 1. The van der Waals surface area contributed by atoms with Crippen LogP contribution in [-0.2, 0) is 20.9 Å². The maximum absolute atomic E-state index is 12.5. The molecule has 1 heterocycles. The van der Waals surface area contributed by atoms with E-state index in [1.807, 2.05) is 30.3 Å². The number of carbonyl (C=O) groups is 2. The lowest BCUT2D eigenvalue weighted by molar-refractivity contribution is -0.152. The lowest BCUT2D eigenvalue weighted by atomic mass is 9.81.